The summed E-state index contributed by atoms with van der Waals surface area (Å²) in [5.41, 5.74) is 5.19. The molecule has 5 nitrogen and oxygen atoms in total. The summed E-state index contributed by atoms with van der Waals surface area (Å²) in [6.45, 7) is 7.70. The molecule has 2 saturated heterocycles. The fourth-order valence-electron chi connectivity index (χ4n) is 2.85. The van der Waals surface area contributed by atoms with Crippen molar-refractivity contribution >= 4 is 6.09 Å². The van der Waals surface area contributed by atoms with E-state index in [-0.39, 0.29) is 17.8 Å². The molecule has 2 heterocycles. The second kappa shape index (κ2) is 5.29. The molecule has 2 N–H and O–H groups in total. The Morgan fingerprint density at radius 3 is 2.47 bits per heavy atom. The standard InChI is InChI=1S/C14H26N2O3/c1-13(2,3)19-12(17)16-8-6-14(7-9-16)5-4-11(10-15)18-14/h11H,4-10,15H2,1-3H3/t11-/m1/s1. The normalized spacial score (nSPS) is 26.7. The van der Waals surface area contributed by atoms with Crippen LogP contribution < -0.4 is 5.73 Å². The highest BCUT2D eigenvalue weighted by Gasteiger charge is 2.43. The molecule has 0 radical (unpaired) electrons. The largest absolute Gasteiger partial charge is 0.444 e. The fraction of sp³-hybridized carbons (Fsp3) is 0.929. The second-order valence-corrected chi connectivity index (χ2v) is 6.66. The van der Waals surface area contributed by atoms with Gasteiger partial charge in [-0.1, -0.05) is 0 Å². The maximum atomic E-state index is 12.0. The number of piperidine rings is 1. The zero-order valence-electron chi connectivity index (χ0n) is 12.3. The molecule has 1 atom stereocenters. The SMILES string of the molecule is CC(C)(C)OC(=O)N1CCC2(CC[C@H](CN)O2)CC1. The van der Waals surface area contributed by atoms with Crippen molar-refractivity contribution in [3.63, 3.8) is 0 Å². The van der Waals surface area contributed by atoms with E-state index in [4.69, 9.17) is 15.2 Å². The topological polar surface area (TPSA) is 64.8 Å². The summed E-state index contributed by atoms with van der Waals surface area (Å²) in [6, 6.07) is 0. The Labute approximate surface area is 115 Å². The van der Waals surface area contributed by atoms with E-state index in [2.05, 4.69) is 0 Å². The molecule has 110 valence electrons. The van der Waals surface area contributed by atoms with Crippen molar-refractivity contribution in [1.82, 2.24) is 4.90 Å². The van der Waals surface area contributed by atoms with Gasteiger partial charge < -0.3 is 20.1 Å². The summed E-state index contributed by atoms with van der Waals surface area (Å²) < 4.78 is 11.5. The third-order valence-corrected chi connectivity index (χ3v) is 3.93. The van der Waals surface area contributed by atoms with Gasteiger partial charge in [0.2, 0.25) is 0 Å². The van der Waals surface area contributed by atoms with Crippen molar-refractivity contribution < 1.29 is 14.3 Å². The quantitative estimate of drug-likeness (QED) is 0.790. The minimum absolute atomic E-state index is 0.0391. The second-order valence-electron chi connectivity index (χ2n) is 6.66. The summed E-state index contributed by atoms with van der Waals surface area (Å²) in [5.74, 6) is 0. The van der Waals surface area contributed by atoms with Crippen LogP contribution in [0.2, 0.25) is 0 Å². The zero-order valence-corrected chi connectivity index (χ0v) is 12.3. The van der Waals surface area contributed by atoms with E-state index >= 15 is 0 Å². The highest BCUT2D eigenvalue weighted by Crippen LogP contribution is 2.38. The molecule has 2 aliphatic heterocycles. The molecule has 0 bridgehead atoms. The molecule has 1 spiro atoms. The Hall–Kier alpha value is -0.810. The number of likely N-dealkylation sites (tertiary alicyclic amines) is 1. The van der Waals surface area contributed by atoms with Crippen LogP contribution in [0.5, 0.6) is 0 Å². The van der Waals surface area contributed by atoms with E-state index in [1.54, 1.807) is 4.90 Å². The van der Waals surface area contributed by atoms with Crippen molar-refractivity contribution in [3.8, 4) is 0 Å². The van der Waals surface area contributed by atoms with Crippen molar-refractivity contribution in [3.05, 3.63) is 0 Å². The van der Waals surface area contributed by atoms with E-state index < -0.39 is 5.60 Å². The van der Waals surface area contributed by atoms with Gasteiger partial charge in [0.05, 0.1) is 11.7 Å². The van der Waals surface area contributed by atoms with Gasteiger partial charge in [-0.25, -0.2) is 4.79 Å². The fourth-order valence-corrected chi connectivity index (χ4v) is 2.85. The Bertz CT molecular complexity index is 330. The zero-order chi connectivity index (χ0) is 14.1. The lowest BCUT2D eigenvalue weighted by atomic mass is 9.89. The predicted octanol–water partition coefficient (Wildman–Crippen LogP) is 1.89. The average molecular weight is 270 g/mol. The predicted molar refractivity (Wildman–Crippen MR) is 72.9 cm³/mol. The van der Waals surface area contributed by atoms with Crippen LogP contribution in [0.4, 0.5) is 4.79 Å². The Morgan fingerprint density at radius 1 is 1.37 bits per heavy atom. The summed E-state index contributed by atoms with van der Waals surface area (Å²) in [5, 5.41) is 0. The van der Waals surface area contributed by atoms with E-state index in [0.29, 0.717) is 19.6 Å². The number of rotatable bonds is 1. The molecule has 0 unspecified atom stereocenters. The highest BCUT2D eigenvalue weighted by atomic mass is 16.6. The first-order valence-electron chi connectivity index (χ1n) is 7.19. The van der Waals surface area contributed by atoms with E-state index in [9.17, 15) is 4.79 Å². The molecule has 2 aliphatic rings. The van der Waals surface area contributed by atoms with Gasteiger partial charge in [-0.3, -0.25) is 0 Å². The minimum atomic E-state index is -0.430. The van der Waals surface area contributed by atoms with Crippen LogP contribution in [0.1, 0.15) is 46.5 Å². The molecule has 1 amide bonds. The molecule has 0 aliphatic carbocycles. The number of ether oxygens (including phenoxy) is 2. The lowest BCUT2D eigenvalue weighted by molar-refractivity contribution is -0.0750. The summed E-state index contributed by atoms with van der Waals surface area (Å²) in [7, 11) is 0. The van der Waals surface area contributed by atoms with Gasteiger partial charge in [-0.2, -0.15) is 0 Å². The van der Waals surface area contributed by atoms with Crippen molar-refractivity contribution in [2.75, 3.05) is 19.6 Å². The lowest BCUT2D eigenvalue weighted by Gasteiger charge is -2.39. The number of hydrogen-bond donors (Lipinski definition) is 1. The number of hydrogen-bond acceptors (Lipinski definition) is 4. The van der Waals surface area contributed by atoms with E-state index in [1.807, 2.05) is 20.8 Å². The number of nitrogens with zero attached hydrogens (tertiary/aromatic N) is 1. The number of nitrogens with two attached hydrogens (primary N) is 1. The molecule has 2 rings (SSSR count). The molecule has 19 heavy (non-hydrogen) atoms. The Kier molecular flexibility index (Phi) is 4.06. The third-order valence-electron chi connectivity index (χ3n) is 3.93. The van der Waals surface area contributed by atoms with Crippen molar-refractivity contribution in [1.29, 1.82) is 0 Å². The summed E-state index contributed by atoms with van der Waals surface area (Å²) in [4.78, 5) is 13.8. The monoisotopic (exact) mass is 270 g/mol. The first kappa shape index (κ1) is 14.6. The van der Waals surface area contributed by atoms with Crippen LogP contribution in [0.3, 0.4) is 0 Å². The van der Waals surface area contributed by atoms with Crippen molar-refractivity contribution in [2.45, 2.75) is 63.8 Å². The van der Waals surface area contributed by atoms with Crippen molar-refractivity contribution in [2.24, 2.45) is 5.73 Å². The minimum Gasteiger partial charge on any atom is -0.444 e. The first-order valence-corrected chi connectivity index (χ1v) is 7.19. The molecule has 0 aromatic rings. The smallest absolute Gasteiger partial charge is 0.410 e. The molecule has 0 aromatic carbocycles. The van der Waals surface area contributed by atoms with Crippen LogP contribution in [-0.2, 0) is 9.47 Å². The van der Waals surface area contributed by atoms with Crippen LogP contribution in [0.25, 0.3) is 0 Å². The number of amides is 1. The van der Waals surface area contributed by atoms with Crippen LogP contribution in [-0.4, -0.2) is 47.9 Å². The highest BCUT2D eigenvalue weighted by molar-refractivity contribution is 5.68. The molecule has 2 fully saturated rings. The molecular weight excluding hydrogens is 244 g/mol. The van der Waals surface area contributed by atoms with Gasteiger partial charge in [0, 0.05) is 19.6 Å². The Morgan fingerprint density at radius 2 is 2.00 bits per heavy atom. The van der Waals surface area contributed by atoms with Crippen LogP contribution in [0.15, 0.2) is 0 Å². The van der Waals surface area contributed by atoms with Gasteiger partial charge >= 0.3 is 6.09 Å². The van der Waals surface area contributed by atoms with Gasteiger partial charge in [0.15, 0.2) is 0 Å². The molecule has 5 heteroatoms. The van der Waals surface area contributed by atoms with Gasteiger partial charge in [-0.15, -0.1) is 0 Å². The molecular formula is C14H26N2O3. The number of carbonyl (C=O) groups excluding carboxylic acids is 1. The molecule has 0 saturated carbocycles. The third kappa shape index (κ3) is 3.60. The van der Waals surface area contributed by atoms with Crippen LogP contribution in [0, 0.1) is 0 Å². The maximum Gasteiger partial charge on any atom is 0.410 e. The lowest BCUT2D eigenvalue weighted by Crippen LogP contribution is -2.48. The average Bonchev–Trinajstić information content (AvgIpc) is 2.71. The van der Waals surface area contributed by atoms with Crippen LogP contribution >= 0.6 is 0 Å². The molecule has 0 aromatic heterocycles. The van der Waals surface area contributed by atoms with Gasteiger partial charge in [0.1, 0.15) is 5.60 Å². The van der Waals surface area contributed by atoms with E-state index in [0.717, 1.165) is 25.7 Å². The van der Waals surface area contributed by atoms with Gasteiger partial charge in [-0.05, 0) is 46.5 Å². The van der Waals surface area contributed by atoms with E-state index in [1.165, 1.54) is 0 Å². The maximum absolute atomic E-state index is 12.0. The summed E-state index contributed by atoms with van der Waals surface area (Å²) >= 11 is 0. The first-order chi connectivity index (χ1) is 8.84. The summed E-state index contributed by atoms with van der Waals surface area (Å²) in [6.07, 6.45) is 3.88. The van der Waals surface area contributed by atoms with Gasteiger partial charge in [0.25, 0.3) is 0 Å². The number of carbonyl (C=O) groups is 1. The Balaban J connectivity index is 1.84.